The topological polar surface area (TPSA) is 35.5 Å². The summed E-state index contributed by atoms with van der Waals surface area (Å²) >= 11 is 3.75. The van der Waals surface area contributed by atoms with Gasteiger partial charge in [0.2, 0.25) is 6.79 Å². The Morgan fingerprint density at radius 3 is 2.75 bits per heavy atom. The lowest BCUT2D eigenvalue weighted by Crippen LogP contribution is -1.93. The summed E-state index contributed by atoms with van der Waals surface area (Å²) < 4.78 is 10.6. The Balaban J connectivity index is 2.06. The van der Waals surface area contributed by atoms with E-state index in [1.54, 1.807) is 0 Å². The summed E-state index contributed by atoms with van der Waals surface area (Å²) in [6, 6.07) is 3.99. The Morgan fingerprint density at radius 2 is 2.06 bits per heavy atom. The van der Waals surface area contributed by atoms with Gasteiger partial charge in [0.25, 0.3) is 0 Å². The van der Waals surface area contributed by atoms with E-state index < -0.39 is 0 Å². The van der Waals surface area contributed by atoms with Crippen molar-refractivity contribution in [3.63, 3.8) is 0 Å². The first-order valence-electron chi connectivity index (χ1n) is 5.28. The Kier molecular flexibility index (Phi) is 3.39. The fourth-order valence-electron chi connectivity index (χ4n) is 1.79. The molecular formula is C12H14O3S. The highest BCUT2D eigenvalue weighted by Gasteiger charge is 2.15. The van der Waals surface area contributed by atoms with Crippen molar-refractivity contribution in [3.8, 4) is 11.5 Å². The predicted molar refractivity (Wildman–Crippen MR) is 64.2 cm³/mol. The minimum absolute atomic E-state index is 0.0570. The van der Waals surface area contributed by atoms with Crippen molar-refractivity contribution in [2.45, 2.75) is 26.2 Å². The van der Waals surface area contributed by atoms with E-state index in [0.717, 1.165) is 24.3 Å². The number of hydrogen-bond donors (Lipinski definition) is 1. The predicted octanol–water partition coefficient (Wildman–Crippen LogP) is 2.50. The molecule has 0 N–H and O–H groups in total. The molecule has 16 heavy (non-hydrogen) atoms. The highest BCUT2D eigenvalue weighted by Crippen LogP contribution is 2.34. The molecule has 0 saturated heterocycles. The second-order valence-corrected chi connectivity index (χ2v) is 4.38. The Bertz CT molecular complexity index is 415. The summed E-state index contributed by atoms with van der Waals surface area (Å²) in [4.78, 5) is 10.7. The molecule has 1 aliphatic heterocycles. The number of thiol groups is 1. The molecule has 0 fully saturated rings. The molecule has 1 heterocycles. The number of fused-ring (bicyclic) bond motifs is 1. The van der Waals surface area contributed by atoms with E-state index in [1.807, 2.05) is 19.1 Å². The molecule has 1 aromatic rings. The lowest BCUT2D eigenvalue weighted by Gasteiger charge is -2.06. The van der Waals surface area contributed by atoms with E-state index in [4.69, 9.17) is 9.47 Å². The Labute approximate surface area is 100 Å². The quantitative estimate of drug-likeness (QED) is 0.819. The fraction of sp³-hybridized carbons (Fsp3) is 0.417. The maximum absolute atomic E-state index is 10.7. The third kappa shape index (κ3) is 2.50. The van der Waals surface area contributed by atoms with Gasteiger partial charge in [-0.25, -0.2) is 0 Å². The monoisotopic (exact) mass is 238 g/mol. The zero-order valence-electron chi connectivity index (χ0n) is 9.16. The molecule has 0 amide bonds. The van der Waals surface area contributed by atoms with Gasteiger partial charge in [-0.3, -0.25) is 4.79 Å². The molecule has 0 unspecified atom stereocenters. The van der Waals surface area contributed by atoms with Crippen molar-refractivity contribution in [2.75, 3.05) is 6.79 Å². The van der Waals surface area contributed by atoms with Crippen LogP contribution in [-0.2, 0) is 11.2 Å². The van der Waals surface area contributed by atoms with Gasteiger partial charge in [-0.15, -0.1) is 12.6 Å². The second kappa shape index (κ2) is 4.78. The van der Waals surface area contributed by atoms with Crippen molar-refractivity contribution in [2.24, 2.45) is 0 Å². The van der Waals surface area contributed by atoms with Crippen LogP contribution >= 0.6 is 12.6 Å². The molecule has 3 nitrogen and oxygen atoms in total. The molecular weight excluding hydrogens is 224 g/mol. The highest BCUT2D eigenvalue weighted by molar-refractivity contribution is 7.96. The third-order valence-electron chi connectivity index (χ3n) is 2.67. The van der Waals surface area contributed by atoms with Crippen molar-refractivity contribution >= 4 is 17.7 Å². The van der Waals surface area contributed by atoms with Crippen molar-refractivity contribution in [3.05, 3.63) is 23.3 Å². The van der Waals surface area contributed by atoms with Crippen LogP contribution in [0, 0.1) is 6.92 Å². The fourth-order valence-corrected chi connectivity index (χ4v) is 1.94. The van der Waals surface area contributed by atoms with E-state index in [1.165, 1.54) is 11.1 Å². The number of hydrogen-bond acceptors (Lipinski definition) is 3. The first kappa shape index (κ1) is 11.3. The van der Waals surface area contributed by atoms with Gasteiger partial charge >= 0.3 is 0 Å². The zero-order valence-corrected chi connectivity index (χ0v) is 10.0. The third-order valence-corrected chi connectivity index (χ3v) is 2.89. The van der Waals surface area contributed by atoms with Crippen LogP contribution in [0.25, 0.3) is 0 Å². The van der Waals surface area contributed by atoms with E-state index in [0.29, 0.717) is 13.2 Å². The van der Waals surface area contributed by atoms with E-state index in [-0.39, 0.29) is 5.12 Å². The van der Waals surface area contributed by atoms with Crippen LogP contribution in [0.3, 0.4) is 0 Å². The summed E-state index contributed by atoms with van der Waals surface area (Å²) in [5.74, 6) is 1.62. The molecule has 0 spiro atoms. The molecule has 1 aliphatic rings. The first-order chi connectivity index (χ1) is 7.66. The van der Waals surface area contributed by atoms with Crippen molar-refractivity contribution in [1.29, 1.82) is 0 Å². The number of carbonyl (C=O) groups is 1. The van der Waals surface area contributed by atoms with Gasteiger partial charge in [0.1, 0.15) is 0 Å². The average Bonchev–Trinajstić information content (AvgIpc) is 2.64. The van der Waals surface area contributed by atoms with E-state index in [2.05, 4.69) is 12.6 Å². The second-order valence-electron chi connectivity index (χ2n) is 3.88. The first-order valence-corrected chi connectivity index (χ1v) is 5.72. The van der Waals surface area contributed by atoms with Gasteiger partial charge < -0.3 is 9.47 Å². The van der Waals surface area contributed by atoms with Gasteiger partial charge in [0, 0.05) is 6.42 Å². The molecule has 4 heteroatoms. The minimum atomic E-state index is -0.0570. The maximum Gasteiger partial charge on any atom is 0.231 e. The van der Waals surface area contributed by atoms with Crippen LogP contribution in [0.4, 0.5) is 0 Å². The number of aryl methyl sites for hydroxylation is 2. The molecule has 0 saturated carbocycles. The van der Waals surface area contributed by atoms with Gasteiger partial charge in [-0.2, -0.15) is 0 Å². The molecule has 86 valence electrons. The van der Waals surface area contributed by atoms with E-state index in [9.17, 15) is 4.79 Å². The molecule has 0 aliphatic carbocycles. The summed E-state index contributed by atoms with van der Waals surface area (Å²) in [5, 5.41) is -0.0570. The van der Waals surface area contributed by atoms with Gasteiger partial charge in [0.05, 0.1) is 0 Å². The Hall–Kier alpha value is -1.16. The lowest BCUT2D eigenvalue weighted by atomic mass is 10.0. The van der Waals surface area contributed by atoms with Gasteiger partial charge in [-0.05, 0) is 43.0 Å². The van der Waals surface area contributed by atoms with Crippen LogP contribution in [0.5, 0.6) is 11.5 Å². The molecule has 0 bridgehead atoms. The number of carbonyl (C=O) groups excluding carboxylic acids is 1. The molecule has 0 atom stereocenters. The smallest absolute Gasteiger partial charge is 0.231 e. The summed E-state index contributed by atoms with van der Waals surface area (Å²) in [6.07, 6.45) is 2.20. The van der Waals surface area contributed by atoms with Crippen molar-refractivity contribution in [1.82, 2.24) is 0 Å². The standard InChI is InChI=1S/C12H14O3S/c1-8-5-10-11(15-7-14-10)6-9(8)3-2-4-12(13)16/h5-6H,2-4,7H2,1H3,(H,13,16). The lowest BCUT2D eigenvalue weighted by molar-refractivity contribution is -0.110. The molecule has 0 radical (unpaired) electrons. The maximum atomic E-state index is 10.7. The molecule has 1 aromatic carbocycles. The molecule has 0 aromatic heterocycles. The summed E-state index contributed by atoms with van der Waals surface area (Å²) in [6.45, 7) is 2.34. The SMILES string of the molecule is Cc1cc2c(cc1CCCC(=O)S)OCO2. The summed E-state index contributed by atoms with van der Waals surface area (Å²) in [5.41, 5.74) is 2.38. The largest absolute Gasteiger partial charge is 0.454 e. The van der Waals surface area contributed by atoms with Crippen LogP contribution in [0.15, 0.2) is 12.1 Å². The normalized spacial score (nSPS) is 12.9. The van der Waals surface area contributed by atoms with Gasteiger partial charge in [0.15, 0.2) is 16.6 Å². The number of ether oxygens (including phenoxy) is 2. The highest BCUT2D eigenvalue weighted by atomic mass is 32.1. The summed E-state index contributed by atoms with van der Waals surface area (Å²) in [7, 11) is 0. The van der Waals surface area contributed by atoms with E-state index >= 15 is 0 Å². The van der Waals surface area contributed by atoms with Gasteiger partial charge in [-0.1, -0.05) is 0 Å². The number of rotatable bonds is 4. The van der Waals surface area contributed by atoms with Crippen LogP contribution < -0.4 is 9.47 Å². The van der Waals surface area contributed by atoms with Crippen molar-refractivity contribution < 1.29 is 14.3 Å². The Morgan fingerprint density at radius 1 is 1.38 bits per heavy atom. The molecule has 2 rings (SSSR count). The zero-order chi connectivity index (χ0) is 11.5. The number of benzene rings is 1. The van der Waals surface area contributed by atoms with Crippen LogP contribution in [-0.4, -0.2) is 11.9 Å². The van der Waals surface area contributed by atoms with Crippen LogP contribution in [0.2, 0.25) is 0 Å². The van der Waals surface area contributed by atoms with Crippen LogP contribution in [0.1, 0.15) is 24.0 Å². The average molecular weight is 238 g/mol. The minimum Gasteiger partial charge on any atom is -0.454 e.